The highest BCUT2D eigenvalue weighted by Gasteiger charge is 2.01. The van der Waals surface area contributed by atoms with Gasteiger partial charge in [0.05, 0.1) is 0 Å². The summed E-state index contributed by atoms with van der Waals surface area (Å²) in [6, 6.07) is 4.17. The van der Waals surface area contributed by atoms with Crippen molar-refractivity contribution in [1.29, 1.82) is 0 Å². The minimum atomic E-state index is 0.191. The molecule has 0 radical (unpaired) electrons. The second-order valence-corrected chi connectivity index (χ2v) is 2.62. The predicted octanol–water partition coefficient (Wildman–Crippen LogP) is 0.914. The molecule has 0 aliphatic heterocycles. The van der Waals surface area contributed by atoms with Crippen LogP contribution in [0.15, 0.2) is 18.3 Å². The van der Waals surface area contributed by atoms with E-state index in [1.165, 1.54) is 5.56 Å². The van der Waals surface area contributed by atoms with Crippen LogP contribution in [0.25, 0.3) is 0 Å². The highest BCUT2D eigenvalue weighted by atomic mass is 15.2. The third-order valence-corrected chi connectivity index (χ3v) is 1.67. The van der Waals surface area contributed by atoms with Gasteiger partial charge in [-0.05, 0) is 31.5 Å². The van der Waals surface area contributed by atoms with Gasteiger partial charge in [-0.15, -0.1) is 0 Å². The molecule has 0 amide bonds. The molecule has 0 bridgehead atoms. The lowest BCUT2D eigenvalue weighted by atomic mass is 10.1. The van der Waals surface area contributed by atoms with Crippen molar-refractivity contribution < 1.29 is 0 Å². The van der Waals surface area contributed by atoms with Gasteiger partial charge in [0, 0.05) is 17.9 Å². The van der Waals surface area contributed by atoms with E-state index in [2.05, 4.69) is 10.4 Å². The summed E-state index contributed by atoms with van der Waals surface area (Å²) in [7, 11) is 0. The molecule has 0 fully saturated rings. The molecule has 1 unspecified atom stereocenters. The summed E-state index contributed by atoms with van der Waals surface area (Å²) >= 11 is 0. The lowest BCUT2D eigenvalue weighted by molar-refractivity contribution is 0.601. The number of hydrogen-bond acceptors (Lipinski definition) is 3. The van der Waals surface area contributed by atoms with Crippen molar-refractivity contribution in [3.8, 4) is 0 Å². The standard InChI is InChI=1S/C8H13N3/c1-6-5-8(3-4-10-6)7(2)11-9/h3-5,7,11H,9H2,1-2H3. The summed E-state index contributed by atoms with van der Waals surface area (Å²) in [5, 5.41) is 0. The van der Waals surface area contributed by atoms with E-state index >= 15 is 0 Å². The Bertz CT molecular complexity index is 235. The van der Waals surface area contributed by atoms with Crippen LogP contribution >= 0.6 is 0 Å². The second kappa shape index (κ2) is 3.46. The molecule has 0 aliphatic rings. The van der Waals surface area contributed by atoms with Crippen LogP contribution in [0.3, 0.4) is 0 Å². The molecule has 1 atom stereocenters. The molecule has 0 saturated carbocycles. The molecule has 3 N–H and O–H groups in total. The molecule has 0 spiro atoms. The van der Waals surface area contributed by atoms with Crippen LogP contribution < -0.4 is 11.3 Å². The molecule has 0 aliphatic carbocycles. The Morgan fingerprint density at radius 2 is 2.36 bits per heavy atom. The van der Waals surface area contributed by atoms with Crippen molar-refractivity contribution >= 4 is 0 Å². The van der Waals surface area contributed by atoms with Crippen molar-refractivity contribution in [2.45, 2.75) is 19.9 Å². The van der Waals surface area contributed by atoms with Crippen LogP contribution in [0.5, 0.6) is 0 Å². The van der Waals surface area contributed by atoms with E-state index in [1.54, 1.807) is 6.20 Å². The Balaban J connectivity index is 2.86. The number of rotatable bonds is 2. The second-order valence-electron chi connectivity index (χ2n) is 2.62. The number of hydrogen-bond donors (Lipinski definition) is 2. The summed E-state index contributed by atoms with van der Waals surface area (Å²) in [6.45, 7) is 3.97. The van der Waals surface area contributed by atoms with Gasteiger partial charge in [-0.3, -0.25) is 16.3 Å². The van der Waals surface area contributed by atoms with Crippen molar-refractivity contribution in [2.75, 3.05) is 0 Å². The van der Waals surface area contributed by atoms with Crippen LogP contribution in [0.1, 0.15) is 24.2 Å². The summed E-state index contributed by atoms with van der Waals surface area (Å²) < 4.78 is 0. The topological polar surface area (TPSA) is 50.9 Å². The fourth-order valence-electron chi connectivity index (χ4n) is 0.933. The smallest absolute Gasteiger partial charge is 0.0433 e. The summed E-state index contributed by atoms with van der Waals surface area (Å²) in [4.78, 5) is 4.09. The zero-order chi connectivity index (χ0) is 8.27. The zero-order valence-electron chi connectivity index (χ0n) is 6.83. The van der Waals surface area contributed by atoms with E-state index in [9.17, 15) is 0 Å². The van der Waals surface area contributed by atoms with E-state index in [0.717, 1.165) is 5.69 Å². The van der Waals surface area contributed by atoms with Crippen molar-refractivity contribution in [1.82, 2.24) is 10.4 Å². The lowest BCUT2D eigenvalue weighted by Crippen LogP contribution is -2.25. The Hall–Kier alpha value is -0.930. The highest BCUT2D eigenvalue weighted by Crippen LogP contribution is 2.10. The van der Waals surface area contributed by atoms with Crippen LogP contribution in [-0.2, 0) is 0 Å². The molecule has 0 saturated heterocycles. The fourth-order valence-corrected chi connectivity index (χ4v) is 0.933. The maximum Gasteiger partial charge on any atom is 0.0433 e. The molecule has 1 aromatic heterocycles. The molecule has 11 heavy (non-hydrogen) atoms. The van der Waals surface area contributed by atoms with Gasteiger partial charge < -0.3 is 0 Å². The van der Waals surface area contributed by atoms with Gasteiger partial charge in [0.2, 0.25) is 0 Å². The first-order valence-electron chi connectivity index (χ1n) is 3.62. The largest absolute Gasteiger partial charge is 0.271 e. The molecule has 1 rings (SSSR count). The van der Waals surface area contributed by atoms with E-state index in [1.807, 2.05) is 26.0 Å². The zero-order valence-corrected chi connectivity index (χ0v) is 6.83. The van der Waals surface area contributed by atoms with Gasteiger partial charge >= 0.3 is 0 Å². The van der Waals surface area contributed by atoms with E-state index in [4.69, 9.17) is 5.84 Å². The van der Waals surface area contributed by atoms with Crippen LogP contribution in [0, 0.1) is 6.92 Å². The maximum atomic E-state index is 5.28. The van der Waals surface area contributed by atoms with E-state index in [0.29, 0.717) is 0 Å². The van der Waals surface area contributed by atoms with Crippen LogP contribution in [0.2, 0.25) is 0 Å². The van der Waals surface area contributed by atoms with Gasteiger partial charge in [-0.25, -0.2) is 0 Å². The monoisotopic (exact) mass is 151 g/mol. The Kier molecular flexibility index (Phi) is 2.57. The van der Waals surface area contributed by atoms with Crippen LogP contribution in [0.4, 0.5) is 0 Å². The summed E-state index contributed by atoms with van der Waals surface area (Å²) in [5.41, 5.74) is 4.87. The minimum Gasteiger partial charge on any atom is -0.271 e. The Labute approximate surface area is 66.6 Å². The van der Waals surface area contributed by atoms with E-state index < -0.39 is 0 Å². The Morgan fingerprint density at radius 3 is 2.91 bits per heavy atom. The maximum absolute atomic E-state index is 5.28. The number of aryl methyl sites for hydroxylation is 1. The first-order chi connectivity index (χ1) is 5.24. The van der Waals surface area contributed by atoms with Crippen molar-refractivity contribution in [2.24, 2.45) is 5.84 Å². The average Bonchev–Trinajstić information content (AvgIpc) is 2.03. The minimum absolute atomic E-state index is 0.191. The van der Waals surface area contributed by atoms with Gasteiger partial charge in [-0.1, -0.05) is 0 Å². The first-order valence-corrected chi connectivity index (χ1v) is 3.62. The lowest BCUT2D eigenvalue weighted by Gasteiger charge is -2.09. The molecular formula is C8H13N3. The quantitative estimate of drug-likeness (QED) is 0.488. The predicted molar refractivity (Wildman–Crippen MR) is 44.7 cm³/mol. The average molecular weight is 151 g/mol. The first kappa shape index (κ1) is 8.17. The summed E-state index contributed by atoms with van der Waals surface area (Å²) in [6.07, 6.45) is 1.79. The van der Waals surface area contributed by atoms with Gasteiger partial charge in [0.1, 0.15) is 0 Å². The molecule has 3 heteroatoms. The molecule has 60 valence electrons. The molecule has 0 aromatic carbocycles. The van der Waals surface area contributed by atoms with Gasteiger partial charge in [0.25, 0.3) is 0 Å². The number of nitrogens with one attached hydrogen (secondary N) is 1. The fraction of sp³-hybridized carbons (Fsp3) is 0.375. The number of nitrogens with two attached hydrogens (primary N) is 1. The third kappa shape index (κ3) is 2.00. The summed E-state index contributed by atoms with van der Waals surface area (Å²) in [5.74, 6) is 5.28. The van der Waals surface area contributed by atoms with Crippen molar-refractivity contribution in [3.63, 3.8) is 0 Å². The number of hydrazine groups is 1. The molecule has 1 aromatic rings. The van der Waals surface area contributed by atoms with Gasteiger partial charge in [-0.2, -0.15) is 0 Å². The number of nitrogens with zero attached hydrogens (tertiary/aromatic N) is 1. The normalized spacial score (nSPS) is 13.0. The third-order valence-electron chi connectivity index (χ3n) is 1.67. The SMILES string of the molecule is Cc1cc(C(C)NN)ccn1. The molecule has 3 nitrogen and oxygen atoms in total. The number of pyridine rings is 1. The molecule has 1 heterocycles. The van der Waals surface area contributed by atoms with Crippen LogP contribution in [-0.4, -0.2) is 4.98 Å². The number of aromatic nitrogens is 1. The van der Waals surface area contributed by atoms with E-state index in [-0.39, 0.29) is 6.04 Å². The van der Waals surface area contributed by atoms with Crippen molar-refractivity contribution in [3.05, 3.63) is 29.6 Å². The molecular weight excluding hydrogens is 138 g/mol. The van der Waals surface area contributed by atoms with Gasteiger partial charge in [0.15, 0.2) is 0 Å². The highest BCUT2D eigenvalue weighted by molar-refractivity contribution is 5.18. The Morgan fingerprint density at radius 1 is 1.64 bits per heavy atom.